The fourth-order valence-electron chi connectivity index (χ4n) is 1.50. The van der Waals surface area contributed by atoms with Crippen molar-refractivity contribution in [2.45, 2.75) is 26.2 Å². The highest BCUT2D eigenvalue weighted by Crippen LogP contribution is 2.18. The van der Waals surface area contributed by atoms with Crippen LogP contribution in [0.4, 0.5) is 0 Å². The molecule has 1 rings (SSSR count). The predicted octanol–water partition coefficient (Wildman–Crippen LogP) is 1.08. The first kappa shape index (κ1) is 11.6. The molecule has 0 spiro atoms. The third kappa shape index (κ3) is 3.62. The molecule has 1 aromatic carbocycles. The molecule has 0 aliphatic rings. The maximum atomic E-state index is 10.2. The number of hydrogen-bond acceptors (Lipinski definition) is 3. The Bertz CT molecular complexity index is 345. The van der Waals surface area contributed by atoms with Crippen molar-refractivity contribution >= 4 is 5.97 Å². The molecule has 0 N–H and O–H groups in total. The van der Waals surface area contributed by atoms with E-state index in [9.17, 15) is 9.90 Å². The fraction of sp³-hybridized carbons (Fsp3) is 0.417. The van der Waals surface area contributed by atoms with Gasteiger partial charge in [-0.25, -0.2) is 0 Å². The van der Waals surface area contributed by atoms with E-state index in [1.165, 1.54) is 0 Å². The van der Waals surface area contributed by atoms with E-state index >= 15 is 0 Å². The van der Waals surface area contributed by atoms with E-state index < -0.39 is 5.97 Å². The second-order valence-electron chi connectivity index (χ2n) is 3.52. The van der Waals surface area contributed by atoms with E-state index in [4.69, 9.17) is 4.74 Å². The summed E-state index contributed by atoms with van der Waals surface area (Å²) >= 11 is 0. The number of carbonyl (C=O) groups is 1. The van der Waals surface area contributed by atoms with Crippen LogP contribution >= 0.6 is 0 Å². The lowest BCUT2D eigenvalue weighted by atomic mass is 10.0. The number of carboxylic acid groups (broad SMARTS) is 1. The predicted molar refractivity (Wildman–Crippen MR) is 55.7 cm³/mol. The Morgan fingerprint density at radius 2 is 2.20 bits per heavy atom. The van der Waals surface area contributed by atoms with E-state index in [0.717, 1.165) is 23.3 Å². The minimum Gasteiger partial charge on any atom is -0.550 e. The Balaban J connectivity index is 2.58. The van der Waals surface area contributed by atoms with Crippen LogP contribution in [0.3, 0.4) is 0 Å². The molecule has 0 radical (unpaired) electrons. The Hall–Kier alpha value is -1.51. The van der Waals surface area contributed by atoms with E-state index in [0.29, 0.717) is 6.42 Å². The van der Waals surface area contributed by atoms with Crippen molar-refractivity contribution in [2.75, 3.05) is 7.11 Å². The standard InChI is InChI=1S/C12H16O3/c1-9-8-11(15-2)7-6-10(9)4-3-5-12(13)14/h6-8H,3-5H2,1-2H3,(H,13,14)/p-1. The minimum absolute atomic E-state index is 0.117. The summed E-state index contributed by atoms with van der Waals surface area (Å²) in [6.45, 7) is 2.00. The highest BCUT2D eigenvalue weighted by Gasteiger charge is 2.00. The summed E-state index contributed by atoms with van der Waals surface area (Å²) in [4.78, 5) is 10.2. The third-order valence-corrected chi connectivity index (χ3v) is 2.38. The summed E-state index contributed by atoms with van der Waals surface area (Å²) in [5, 5.41) is 10.2. The lowest BCUT2D eigenvalue weighted by Crippen LogP contribution is -2.21. The van der Waals surface area contributed by atoms with Gasteiger partial charge in [-0.3, -0.25) is 0 Å². The number of carboxylic acids is 1. The molecule has 0 fully saturated rings. The first-order chi connectivity index (χ1) is 7.13. The zero-order valence-electron chi connectivity index (χ0n) is 9.08. The Morgan fingerprint density at radius 1 is 1.47 bits per heavy atom. The molecule has 15 heavy (non-hydrogen) atoms. The molecular weight excluding hydrogens is 192 g/mol. The number of rotatable bonds is 5. The molecule has 0 atom stereocenters. The van der Waals surface area contributed by atoms with Gasteiger partial charge in [-0.2, -0.15) is 0 Å². The maximum Gasteiger partial charge on any atom is 0.119 e. The lowest BCUT2D eigenvalue weighted by Gasteiger charge is -2.08. The molecule has 82 valence electrons. The molecule has 0 saturated carbocycles. The Kier molecular flexibility index (Phi) is 4.16. The number of benzene rings is 1. The monoisotopic (exact) mass is 207 g/mol. The number of carbonyl (C=O) groups excluding carboxylic acids is 1. The second-order valence-corrected chi connectivity index (χ2v) is 3.52. The Labute approximate surface area is 89.7 Å². The van der Waals surface area contributed by atoms with Gasteiger partial charge in [-0.1, -0.05) is 6.07 Å². The quantitative estimate of drug-likeness (QED) is 0.725. The summed E-state index contributed by atoms with van der Waals surface area (Å²) in [5.74, 6) is -0.155. The van der Waals surface area contributed by atoms with Gasteiger partial charge in [0.15, 0.2) is 0 Å². The first-order valence-electron chi connectivity index (χ1n) is 4.97. The van der Waals surface area contributed by atoms with Crippen LogP contribution in [0.25, 0.3) is 0 Å². The van der Waals surface area contributed by atoms with Crippen molar-refractivity contribution < 1.29 is 14.6 Å². The summed E-state index contributed by atoms with van der Waals surface area (Å²) < 4.78 is 5.09. The SMILES string of the molecule is COc1ccc(CCCC(=O)[O-])c(C)c1. The summed E-state index contributed by atoms with van der Waals surface area (Å²) in [6, 6.07) is 5.82. The Morgan fingerprint density at radius 3 is 2.73 bits per heavy atom. The van der Waals surface area contributed by atoms with Crippen molar-refractivity contribution in [2.24, 2.45) is 0 Å². The van der Waals surface area contributed by atoms with E-state index in [2.05, 4.69) is 0 Å². The highest BCUT2D eigenvalue weighted by molar-refractivity contribution is 5.64. The van der Waals surface area contributed by atoms with Gasteiger partial charge in [-0.15, -0.1) is 0 Å². The van der Waals surface area contributed by atoms with Gasteiger partial charge in [0.2, 0.25) is 0 Å². The van der Waals surface area contributed by atoms with Crippen LogP contribution in [0.5, 0.6) is 5.75 Å². The molecule has 0 bridgehead atoms. The van der Waals surface area contributed by atoms with E-state index in [1.54, 1.807) is 7.11 Å². The summed E-state index contributed by atoms with van der Waals surface area (Å²) in [5.41, 5.74) is 2.30. The number of aliphatic carboxylic acids is 1. The van der Waals surface area contributed by atoms with Crippen LogP contribution < -0.4 is 9.84 Å². The molecule has 3 nitrogen and oxygen atoms in total. The molecule has 0 saturated heterocycles. The molecule has 0 aromatic heterocycles. The molecule has 0 heterocycles. The number of hydrogen-bond donors (Lipinski definition) is 0. The van der Waals surface area contributed by atoms with Crippen molar-refractivity contribution in [1.82, 2.24) is 0 Å². The van der Waals surface area contributed by atoms with Gasteiger partial charge in [0, 0.05) is 5.97 Å². The van der Waals surface area contributed by atoms with Crippen molar-refractivity contribution in [3.05, 3.63) is 29.3 Å². The second kappa shape index (κ2) is 5.39. The lowest BCUT2D eigenvalue weighted by molar-refractivity contribution is -0.305. The summed E-state index contributed by atoms with van der Waals surface area (Å²) in [7, 11) is 1.63. The van der Waals surface area contributed by atoms with Gasteiger partial charge in [0.25, 0.3) is 0 Å². The van der Waals surface area contributed by atoms with Gasteiger partial charge >= 0.3 is 0 Å². The van der Waals surface area contributed by atoms with Gasteiger partial charge in [0.05, 0.1) is 7.11 Å². The number of ether oxygens (including phenoxy) is 1. The third-order valence-electron chi connectivity index (χ3n) is 2.38. The molecule has 0 aliphatic carbocycles. The molecule has 0 unspecified atom stereocenters. The van der Waals surface area contributed by atoms with Gasteiger partial charge in [0.1, 0.15) is 5.75 Å². The van der Waals surface area contributed by atoms with Crippen LogP contribution in [-0.4, -0.2) is 13.1 Å². The van der Waals surface area contributed by atoms with Crippen LogP contribution in [0, 0.1) is 6.92 Å². The average Bonchev–Trinajstić information content (AvgIpc) is 2.20. The zero-order valence-corrected chi connectivity index (χ0v) is 9.08. The van der Waals surface area contributed by atoms with Crippen LogP contribution in [0.2, 0.25) is 0 Å². The molecule has 3 heteroatoms. The van der Waals surface area contributed by atoms with Crippen LogP contribution in [-0.2, 0) is 11.2 Å². The molecule has 1 aromatic rings. The van der Waals surface area contributed by atoms with Crippen LogP contribution in [0.15, 0.2) is 18.2 Å². The number of aryl methyl sites for hydroxylation is 2. The van der Waals surface area contributed by atoms with Crippen molar-refractivity contribution in [3.8, 4) is 5.75 Å². The first-order valence-corrected chi connectivity index (χ1v) is 4.97. The minimum atomic E-state index is -0.985. The molecule has 0 amide bonds. The maximum absolute atomic E-state index is 10.2. The van der Waals surface area contributed by atoms with Gasteiger partial charge in [-0.05, 0) is 49.4 Å². The van der Waals surface area contributed by atoms with Crippen molar-refractivity contribution in [3.63, 3.8) is 0 Å². The fourth-order valence-corrected chi connectivity index (χ4v) is 1.50. The average molecular weight is 207 g/mol. The smallest absolute Gasteiger partial charge is 0.119 e. The van der Waals surface area contributed by atoms with Crippen LogP contribution in [0.1, 0.15) is 24.0 Å². The highest BCUT2D eigenvalue weighted by atomic mass is 16.5. The van der Waals surface area contributed by atoms with Gasteiger partial charge < -0.3 is 14.6 Å². The van der Waals surface area contributed by atoms with E-state index in [-0.39, 0.29) is 6.42 Å². The van der Waals surface area contributed by atoms with E-state index in [1.807, 2.05) is 25.1 Å². The molecule has 0 aliphatic heterocycles. The normalized spacial score (nSPS) is 10.0. The molecular formula is C12H15O3-. The zero-order chi connectivity index (χ0) is 11.3. The topological polar surface area (TPSA) is 49.4 Å². The summed E-state index contributed by atoms with van der Waals surface area (Å²) in [6.07, 6.45) is 1.50. The number of methoxy groups -OCH3 is 1. The largest absolute Gasteiger partial charge is 0.550 e. The van der Waals surface area contributed by atoms with Crippen molar-refractivity contribution in [1.29, 1.82) is 0 Å².